The largest absolute Gasteiger partial charge is 0.310 e. The minimum absolute atomic E-state index is 0.0284. The molecule has 1 amide bonds. The number of rotatable bonds is 6. The molecule has 0 aliphatic carbocycles. The molecular weight excluding hydrogens is 360 g/mol. The van der Waals surface area contributed by atoms with Gasteiger partial charge in [-0.25, -0.2) is 5.43 Å². The SMILES string of the molecule is O=C(N/N=C\c1ccc([N+](=O)[O-])cc1)c1cccn(Cc2ccccc2)c1=O. The molecule has 0 fully saturated rings. The highest BCUT2D eigenvalue weighted by Crippen LogP contribution is 2.10. The van der Waals surface area contributed by atoms with E-state index in [9.17, 15) is 19.7 Å². The fourth-order valence-electron chi connectivity index (χ4n) is 2.52. The van der Waals surface area contributed by atoms with Gasteiger partial charge < -0.3 is 4.57 Å². The summed E-state index contributed by atoms with van der Waals surface area (Å²) in [6, 6.07) is 18.2. The van der Waals surface area contributed by atoms with Crippen molar-refractivity contribution in [2.45, 2.75) is 6.54 Å². The van der Waals surface area contributed by atoms with Crippen LogP contribution in [0.1, 0.15) is 21.5 Å². The Morgan fingerprint density at radius 2 is 1.79 bits per heavy atom. The lowest BCUT2D eigenvalue weighted by molar-refractivity contribution is -0.384. The van der Waals surface area contributed by atoms with Crippen molar-refractivity contribution >= 4 is 17.8 Å². The lowest BCUT2D eigenvalue weighted by Crippen LogP contribution is -2.30. The number of hydrazone groups is 1. The van der Waals surface area contributed by atoms with E-state index < -0.39 is 16.4 Å². The van der Waals surface area contributed by atoms with E-state index in [0.29, 0.717) is 12.1 Å². The Kier molecular flexibility index (Phi) is 5.71. The van der Waals surface area contributed by atoms with E-state index in [1.165, 1.54) is 41.1 Å². The van der Waals surface area contributed by atoms with Gasteiger partial charge in [0, 0.05) is 18.3 Å². The van der Waals surface area contributed by atoms with Crippen molar-refractivity contribution in [3.05, 3.63) is 110 Å². The molecule has 3 rings (SSSR count). The Hall–Kier alpha value is -4.07. The smallest absolute Gasteiger partial charge is 0.276 e. The van der Waals surface area contributed by atoms with Crippen molar-refractivity contribution in [3.8, 4) is 0 Å². The standard InChI is InChI=1S/C20H16N4O4/c25-19(22-21-13-15-8-10-17(11-9-15)24(27)28)18-7-4-12-23(20(18)26)14-16-5-2-1-3-6-16/h1-13H,14H2,(H,22,25)/b21-13-. The summed E-state index contributed by atoms with van der Waals surface area (Å²) in [6.07, 6.45) is 2.96. The summed E-state index contributed by atoms with van der Waals surface area (Å²) >= 11 is 0. The number of pyridine rings is 1. The molecular formula is C20H16N4O4. The summed E-state index contributed by atoms with van der Waals surface area (Å²) < 4.78 is 1.45. The van der Waals surface area contributed by atoms with Gasteiger partial charge in [-0.1, -0.05) is 30.3 Å². The fraction of sp³-hybridized carbons (Fsp3) is 0.0500. The highest BCUT2D eigenvalue weighted by Gasteiger charge is 2.11. The highest BCUT2D eigenvalue weighted by atomic mass is 16.6. The molecule has 0 radical (unpaired) electrons. The molecule has 8 nitrogen and oxygen atoms in total. The number of nitro benzene ring substituents is 1. The van der Waals surface area contributed by atoms with Gasteiger partial charge in [-0.2, -0.15) is 5.10 Å². The van der Waals surface area contributed by atoms with Crippen LogP contribution in [0.3, 0.4) is 0 Å². The van der Waals surface area contributed by atoms with Gasteiger partial charge in [-0.05, 0) is 35.4 Å². The Morgan fingerprint density at radius 3 is 2.46 bits per heavy atom. The van der Waals surface area contributed by atoms with Crippen molar-refractivity contribution in [2.75, 3.05) is 0 Å². The van der Waals surface area contributed by atoms with Crippen LogP contribution in [-0.2, 0) is 6.54 Å². The van der Waals surface area contributed by atoms with Crippen LogP contribution >= 0.6 is 0 Å². The lowest BCUT2D eigenvalue weighted by Gasteiger charge is -2.07. The number of carbonyl (C=O) groups is 1. The minimum Gasteiger partial charge on any atom is -0.310 e. The quantitative estimate of drug-likeness (QED) is 0.405. The predicted octanol–water partition coefficient (Wildman–Crippen LogP) is 2.57. The van der Waals surface area contributed by atoms with Crippen LogP contribution < -0.4 is 11.0 Å². The summed E-state index contributed by atoms with van der Waals surface area (Å²) in [5, 5.41) is 14.4. The number of hydrogen-bond donors (Lipinski definition) is 1. The van der Waals surface area contributed by atoms with E-state index in [2.05, 4.69) is 10.5 Å². The summed E-state index contributed by atoms with van der Waals surface area (Å²) in [6.45, 7) is 0.354. The number of nitrogens with one attached hydrogen (secondary N) is 1. The third-order valence-electron chi connectivity index (χ3n) is 3.94. The Balaban J connectivity index is 1.69. The average Bonchev–Trinajstić information content (AvgIpc) is 2.70. The van der Waals surface area contributed by atoms with Gasteiger partial charge >= 0.3 is 0 Å². The van der Waals surface area contributed by atoms with Crippen molar-refractivity contribution in [3.63, 3.8) is 0 Å². The van der Waals surface area contributed by atoms with Crippen LogP contribution in [-0.4, -0.2) is 21.6 Å². The van der Waals surface area contributed by atoms with Crippen LogP contribution in [0.5, 0.6) is 0 Å². The molecule has 0 aliphatic heterocycles. The zero-order valence-electron chi connectivity index (χ0n) is 14.7. The molecule has 0 atom stereocenters. The van der Waals surface area contributed by atoms with E-state index in [1.807, 2.05) is 30.3 Å². The van der Waals surface area contributed by atoms with E-state index in [-0.39, 0.29) is 11.3 Å². The highest BCUT2D eigenvalue weighted by molar-refractivity contribution is 5.94. The number of aromatic nitrogens is 1. The van der Waals surface area contributed by atoms with Crippen LogP contribution in [0.15, 0.2) is 82.8 Å². The van der Waals surface area contributed by atoms with Crippen LogP contribution in [0.4, 0.5) is 5.69 Å². The Morgan fingerprint density at radius 1 is 1.07 bits per heavy atom. The zero-order valence-corrected chi connectivity index (χ0v) is 14.7. The molecule has 0 aliphatic rings. The molecule has 3 aromatic rings. The van der Waals surface area contributed by atoms with Crippen LogP contribution in [0, 0.1) is 10.1 Å². The maximum Gasteiger partial charge on any atom is 0.276 e. The van der Waals surface area contributed by atoms with Gasteiger partial charge in [0.15, 0.2) is 0 Å². The number of nitrogens with zero attached hydrogens (tertiary/aromatic N) is 3. The maximum absolute atomic E-state index is 12.5. The number of nitro groups is 1. The van der Waals surface area contributed by atoms with Crippen molar-refractivity contribution in [2.24, 2.45) is 5.10 Å². The topological polar surface area (TPSA) is 107 Å². The van der Waals surface area contributed by atoms with E-state index in [0.717, 1.165) is 5.56 Å². The third-order valence-corrected chi connectivity index (χ3v) is 3.94. The molecule has 2 aromatic carbocycles. The van der Waals surface area contributed by atoms with E-state index in [4.69, 9.17) is 0 Å². The molecule has 1 heterocycles. The molecule has 0 saturated carbocycles. The molecule has 28 heavy (non-hydrogen) atoms. The minimum atomic E-state index is -0.634. The van der Waals surface area contributed by atoms with Gasteiger partial charge in [0.2, 0.25) is 0 Å². The normalized spacial score (nSPS) is 10.7. The average molecular weight is 376 g/mol. The second-order valence-corrected chi connectivity index (χ2v) is 5.89. The first-order valence-electron chi connectivity index (χ1n) is 8.36. The van der Waals surface area contributed by atoms with Gasteiger partial charge in [0.25, 0.3) is 17.2 Å². The number of carbonyl (C=O) groups excluding carboxylic acids is 1. The number of amides is 1. The van der Waals surface area contributed by atoms with Crippen molar-refractivity contribution < 1.29 is 9.72 Å². The first-order chi connectivity index (χ1) is 13.5. The summed E-state index contributed by atoms with van der Waals surface area (Å²) in [7, 11) is 0. The molecule has 8 heteroatoms. The summed E-state index contributed by atoms with van der Waals surface area (Å²) in [5.41, 5.74) is 3.32. The molecule has 0 saturated heterocycles. The van der Waals surface area contributed by atoms with Crippen molar-refractivity contribution in [1.82, 2.24) is 9.99 Å². The molecule has 0 spiro atoms. The lowest BCUT2D eigenvalue weighted by atomic mass is 10.2. The van der Waals surface area contributed by atoms with Crippen molar-refractivity contribution in [1.29, 1.82) is 0 Å². The predicted molar refractivity (Wildman–Crippen MR) is 104 cm³/mol. The number of benzene rings is 2. The first kappa shape index (κ1) is 18.7. The second-order valence-electron chi connectivity index (χ2n) is 5.89. The summed E-state index contributed by atoms with van der Waals surface area (Å²) in [4.78, 5) is 34.9. The maximum atomic E-state index is 12.5. The first-order valence-corrected chi connectivity index (χ1v) is 8.36. The third kappa shape index (κ3) is 4.55. The molecule has 1 N–H and O–H groups in total. The second kappa shape index (κ2) is 8.54. The van der Waals surface area contributed by atoms with E-state index >= 15 is 0 Å². The summed E-state index contributed by atoms with van der Waals surface area (Å²) in [5.74, 6) is -0.634. The molecule has 140 valence electrons. The molecule has 0 bridgehead atoms. The van der Waals surface area contributed by atoms with E-state index in [1.54, 1.807) is 12.3 Å². The Labute approximate surface area is 159 Å². The van der Waals surface area contributed by atoms with Gasteiger partial charge in [0.05, 0.1) is 17.7 Å². The number of hydrogen-bond acceptors (Lipinski definition) is 5. The molecule has 1 aromatic heterocycles. The van der Waals surface area contributed by atoms with Gasteiger partial charge in [-0.3, -0.25) is 19.7 Å². The monoisotopic (exact) mass is 376 g/mol. The molecule has 0 unspecified atom stereocenters. The zero-order chi connectivity index (χ0) is 19.9. The van der Waals surface area contributed by atoms with Crippen LogP contribution in [0.25, 0.3) is 0 Å². The van der Waals surface area contributed by atoms with Gasteiger partial charge in [0.1, 0.15) is 5.56 Å². The number of non-ortho nitro benzene ring substituents is 1. The Bertz CT molecular complexity index is 1070. The van der Waals surface area contributed by atoms with Gasteiger partial charge in [-0.15, -0.1) is 0 Å². The van der Waals surface area contributed by atoms with Crippen LogP contribution in [0.2, 0.25) is 0 Å². The fourth-order valence-corrected chi connectivity index (χ4v) is 2.52.